The molecule has 4 rings (SSSR count). The van der Waals surface area contributed by atoms with Crippen molar-refractivity contribution in [2.24, 2.45) is 34.0 Å². The quantitative estimate of drug-likeness (QED) is 0.667. The van der Waals surface area contributed by atoms with E-state index >= 15 is 0 Å². The molecular formula is C21H32O2. The molecule has 4 aliphatic rings. The van der Waals surface area contributed by atoms with Crippen molar-refractivity contribution in [2.75, 3.05) is 0 Å². The van der Waals surface area contributed by atoms with E-state index in [1.165, 1.54) is 18.4 Å². The van der Waals surface area contributed by atoms with Gasteiger partial charge >= 0.3 is 0 Å². The third-order valence-electron chi connectivity index (χ3n) is 8.66. The van der Waals surface area contributed by atoms with Crippen LogP contribution in [-0.4, -0.2) is 17.0 Å². The molecule has 0 aromatic rings. The van der Waals surface area contributed by atoms with Crippen LogP contribution in [0.25, 0.3) is 0 Å². The van der Waals surface area contributed by atoms with E-state index in [-0.39, 0.29) is 22.3 Å². The van der Waals surface area contributed by atoms with Crippen LogP contribution >= 0.6 is 0 Å². The molecule has 1 unspecified atom stereocenters. The van der Waals surface area contributed by atoms with E-state index in [2.05, 4.69) is 33.8 Å². The van der Waals surface area contributed by atoms with Crippen molar-refractivity contribution < 1.29 is 9.90 Å². The van der Waals surface area contributed by atoms with Gasteiger partial charge in [0.15, 0.2) is 0 Å². The highest BCUT2D eigenvalue weighted by Crippen LogP contribution is 2.66. The zero-order valence-corrected chi connectivity index (χ0v) is 15.2. The average Bonchev–Trinajstić information content (AvgIpc) is 2.79. The molecule has 2 nitrogen and oxygen atoms in total. The van der Waals surface area contributed by atoms with Crippen LogP contribution in [0.3, 0.4) is 0 Å². The molecule has 0 saturated heterocycles. The first kappa shape index (κ1) is 15.9. The summed E-state index contributed by atoms with van der Waals surface area (Å²) < 4.78 is 0. The van der Waals surface area contributed by atoms with Crippen molar-refractivity contribution >= 4 is 5.78 Å². The molecule has 0 radical (unpaired) electrons. The third kappa shape index (κ3) is 1.88. The fourth-order valence-electron chi connectivity index (χ4n) is 7.19. The van der Waals surface area contributed by atoms with E-state index in [0.717, 1.165) is 32.1 Å². The summed E-state index contributed by atoms with van der Waals surface area (Å²) >= 11 is 0. The Bertz CT molecular complexity index is 574. The van der Waals surface area contributed by atoms with E-state index in [1.807, 2.05) is 0 Å². The Balaban J connectivity index is 1.74. The molecule has 0 aromatic heterocycles. The van der Waals surface area contributed by atoms with Crippen LogP contribution in [0.4, 0.5) is 0 Å². The van der Waals surface area contributed by atoms with Crippen LogP contribution in [0, 0.1) is 34.0 Å². The second kappa shape index (κ2) is 4.71. The van der Waals surface area contributed by atoms with E-state index in [9.17, 15) is 9.90 Å². The molecule has 6 atom stereocenters. The molecule has 23 heavy (non-hydrogen) atoms. The predicted molar refractivity (Wildman–Crippen MR) is 91.9 cm³/mol. The van der Waals surface area contributed by atoms with Crippen molar-refractivity contribution in [3.05, 3.63) is 11.6 Å². The number of carbonyl (C=O) groups excluding carboxylic acids is 1. The molecular weight excluding hydrogens is 284 g/mol. The highest BCUT2D eigenvalue weighted by molar-refractivity contribution is 5.89. The average molecular weight is 316 g/mol. The Morgan fingerprint density at radius 1 is 1.04 bits per heavy atom. The maximum Gasteiger partial charge on any atom is 0.142 e. The normalized spacial score (nSPS) is 51.5. The lowest BCUT2D eigenvalue weighted by atomic mass is 9.45. The fraction of sp³-hybridized carbons (Fsp3) is 0.857. The van der Waals surface area contributed by atoms with Gasteiger partial charge in [-0.2, -0.15) is 0 Å². The van der Waals surface area contributed by atoms with Gasteiger partial charge in [0.1, 0.15) is 5.78 Å². The van der Waals surface area contributed by atoms with Crippen molar-refractivity contribution in [3.8, 4) is 0 Å². The molecule has 0 amide bonds. The Kier molecular flexibility index (Phi) is 3.25. The molecule has 0 heterocycles. The first-order valence-corrected chi connectivity index (χ1v) is 9.64. The first-order chi connectivity index (χ1) is 10.7. The minimum atomic E-state index is -0.270. The van der Waals surface area contributed by atoms with Crippen LogP contribution in [0.1, 0.15) is 72.6 Å². The fourth-order valence-corrected chi connectivity index (χ4v) is 7.19. The van der Waals surface area contributed by atoms with Crippen LogP contribution in [-0.2, 0) is 4.79 Å². The van der Waals surface area contributed by atoms with Crippen LogP contribution in [0.5, 0.6) is 0 Å². The third-order valence-corrected chi connectivity index (χ3v) is 8.66. The van der Waals surface area contributed by atoms with Crippen molar-refractivity contribution in [1.29, 1.82) is 0 Å². The highest BCUT2D eigenvalue weighted by atomic mass is 16.3. The maximum absolute atomic E-state index is 12.5. The summed E-state index contributed by atoms with van der Waals surface area (Å²) in [4.78, 5) is 12.5. The number of aliphatic hydroxyl groups excluding tert-OH is 1. The van der Waals surface area contributed by atoms with Gasteiger partial charge in [0.25, 0.3) is 0 Å². The first-order valence-electron chi connectivity index (χ1n) is 9.64. The largest absolute Gasteiger partial charge is 0.393 e. The molecule has 0 aliphatic heterocycles. The molecule has 3 fully saturated rings. The van der Waals surface area contributed by atoms with Crippen LogP contribution in [0.2, 0.25) is 0 Å². The summed E-state index contributed by atoms with van der Waals surface area (Å²) in [5.74, 6) is 2.52. The summed E-state index contributed by atoms with van der Waals surface area (Å²) in [5, 5.41) is 10.5. The number of ketones is 1. The minimum absolute atomic E-state index is 0.101. The standard InChI is InChI=1S/C21H32O2/c1-19(2)16-7-5-13-14-6-8-18(23)21(14,4)11-9-15(13)20(16,3)12-10-17(19)22/h7,13-15,18,23H,5-6,8-12H2,1-4H3/t13-,14-,15+,18?,20+,21-/m0/s1. The van der Waals surface area contributed by atoms with Crippen molar-refractivity contribution in [1.82, 2.24) is 0 Å². The van der Waals surface area contributed by atoms with Gasteiger partial charge in [0.05, 0.1) is 6.10 Å². The van der Waals surface area contributed by atoms with E-state index < -0.39 is 0 Å². The van der Waals surface area contributed by atoms with Gasteiger partial charge in [-0.15, -0.1) is 0 Å². The van der Waals surface area contributed by atoms with Gasteiger partial charge in [-0.25, -0.2) is 0 Å². The van der Waals surface area contributed by atoms with E-state index in [4.69, 9.17) is 0 Å². The smallest absolute Gasteiger partial charge is 0.142 e. The summed E-state index contributed by atoms with van der Waals surface area (Å²) in [7, 11) is 0. The number of Topliss-reactive ketones (excluding diaryl/α,β-unsaturated/α-hetero) is 1. The number of hydrogen-bond acceptors (Lipinski definition) is 2. The van der Waals surface area contributed by atoms with Crippen LogP contribution < -0.4 is 0 Å². The van der Waals surface area contributed by atoms with Gasteiger partial charge in [0.2, 0.25) is 0 Å². The lowest BCUT2D eigenvalue weighted by Crippen LogP contribution is -2.54. The van der Waals surface area contributed by atoms with Crippen LogP contribution in [0.15, 0.2) is 11.6 Å². The molecule has 3 saturated carbocycles. The van der Waals surface area contributed by atoms with Gasteiger partial charge in [-0.05, 0) is 81.0 Å². The Labute approximate surface area is 140 Å². The monoisotopic (exact) mass is 316 g/mol. The van der Waals surface area contributed by atoms with Gasteiger partial charge in [0, 0.05) is 11.8 Å². The molecule has 128 valence electrons. The topological polar surface area (TPSA) is 37.3 Å². The number of rotatable bonds is 0. The van der Waals surface area contributed by atoms with E-state index in [1.54, 1.807) is 0 Å². The molecule has 0 aromatic carbocycles. The summed E-state index contributed by atoms with van der Waals surface area (Å²) in [6.07, 6.45) is 9.82. The molecule has 4 aliphatic carbocycles. The highest BCUT2D eigenvalue weighted by Gasteiger charge is 2.60. The maximum atomic E-state index is 12.5. The molecule has 0 bridgehead atoms. The second-order valence-electron chi connectivity index (χ2n) is 9.83. The lowest BCUT2D eigenvalue weighted by molar-refractivity contribution is -0.132. The molecule has 1 N–H and O–H groups in total. The molecule has 2 heteroatoms. The molecule has 0 spiro atoms. The van der Waals surface area contributed by atoms with Gasteiger partial charge in [-0.3, -0.25) is 4.79 Å². The minimum Gasteiger partial charge on any atom is -0.393 e. The number of carbonyl (C=O) groups is 1. The lowest BCUT2D eigenvalue weighted by Gasteiger charge is -2.59. The SMILES string of the molecule is CC1(C)C(=O)CC[C@@]2(C)C1=CC[C@@H]1[C@H]2CC[C@]2(C)C(O)CC[C@@H]12. The number of aliphatic hydroxyl groups is 1. The summed E-state index contributed by atoms with van der Waals surface area (Å²) in [6, 6.07) is 0. The number of hydrogen-bond donors (Lipinski definition) is 1. The Morgan fingerprint density at radius 3 is 2.52 bits per heavy atom. The van der Waals surface area contributed by atoms with Gasteiger partial charge in [-0.1, -0.05) is 25.5 Å². The summed E-state index contributed by atoms with van der Waals surface area (Å²) in [6.45, 7) is 9.07. The number of fused-ring (bicyclic) bond motifs is 5. The van der Waals surface area contributed by atoms with E-state index in [0.29, 0.717) is 23.5 Å². The Hall–Kier alpha value is -0.630. The van der Waals surface area contributed by atoms with Gasteiger partial charge < -0.3 is 5.11 Å². The zero-order valence-electron chi connectivity index (χ0n) is 15.2. The number of allylic oxidation sites excluding steroid dienone is 2. The second-order valence-corrected chi connectivity index (χ2v) is 9.83. The van der Waals surface area contributed by atoms with Crippen molar-refractivity contribution in [2.45, 2.75) is 78.7 Å². The zero-order chi connectivity index (χ0) is 16.6. The Morgan fingerprint density at radius 2 is 1.78 bits per heavy atom. The summed E-state index contributed by atoms with van der Waals surface area (Å²) in [5.41, 5.74) is 1.51. The van der Waals surface area contributed by atoms with Crippen molar-refractivity contribution in [3.63, 3.8) is 0 Å². The predicted octanol–water partition coefficient (Wildman–Crippen LogP) is 4.52.